The normalized spacial score (nSPS) is 23.1. The van der Waals surface area contributed by atoms with E-state index in [1.54, 1.807) is 0 Å². The first-order valence-electron chi connectivity index (χ1n) is 4.40. The van der Waals surface area contributed by atoms with Crippen LogP contribution < -0.4 is 5.73 Å². The van der Waals surface area contributed by atoms with Crippen molar-refractivity contribution in [3.8, 4) is 0 Å². The second-order valence-corrected chi connectivity index (χ2v) is 3.33. The van der Waals surface area contributed by atoms with Gasteiger partial charge in [-0.1, -0.05) is 0 Å². The summed E-state index contributed by atoms with van der Waals surface area (Å²) in [6, 6.07) is 0. The zero-order valence-electron chi connectivity index (χ0n) is 7.31. The fourth-order valence-electron chi connectivity index (χ4n) is 1.71. The largest absolute Gasteiger partial charge is 0.393 e. The van der Waals surface area contributed by atoms with E-state index in [9.17, 15) is 13.2 Å². The first kappa shape index (κ1) is 10.8. The van der Waals surface area contributed by atoms with Gasteiger partial charge in [-0.15, -0.1) is 0 Å². The monoisotopic (exact) mass is 197 g/mol. The van der Waals surface area contributed by atoms with Crippen molar-refractivity contribution < 1.29 is 17.9 Å². The van der Waals surface area contributed by atoms with Crippen LogP contribution in [0.25, 0.3) is 0 Å². The standard InChI is InChI=1S/C8H14F3NO/c9-8(10,11)7(5-12)6-1-3-13-4-2-6/h6-7H,1-5,12H2. The third-order valence-corrected chi connectivity index (χ3v) is 2.51. The SMILES string of the molecule is NCC(C1CCOCC1)C(F)(F)F. The summed E-state index contributed by atoms with van der Waals surface area (Å²) < 4.78 is 42.2. The highest BCUT2D eigenvalue weighted by atomic mass is 19.4. The summed E-state index contributed by atoms with van der Waals surface area (Å²) in [5.41, 5.74) is 5.13. The summed E-state index contributed by atoms with van der Waals surface area (Å²) in [5, 5.41) is 0. The van der Waals surface area contributed by atoms with Gasteiger partial charge in [0.2, 0.25) is 0 Å². The average Bonchev–Trinajstić information content (AvgIpc) is 2.05. The lowest BCUT2D eigenvalue weighted by Crippen LogP contribution is -2.38. The molecule has 1 heterocycles. The Morgan fingerprint density at radius 1 is 1.31 bits per heavy atom. The summed E-state index contributed by atoms with van der Waals surface area (Å²) in [6.45, 7) is 0.544. The van der Waals surface area contributed by atoms with E-state index in [4.69, 9.17) is 10.5 Å². The molecule has 1 saturated heterocycles. The lowest BCUT2D eigenvalue weighted by molar-refractivity contribution is -0.192. The predicted molar refractivity (Wildman–Crippen MR) is 42.1 cm³/mol. The van der Waals surface area contributed by atoms with Crippen LogP contribution in [0, 0.1) is 11.8 Å². The zero-order valence-corrected chi connectivity index (χ0v) is 7.31. The second kappa shape index (κ2) is 4.28. The Kier molecular flexibility index (Phi) is 3.55. The lowest BCUT2D eigenvalue weighted by atomic mass is 9.85. The minimum atomic E-state index is -4.16. The van der Waals surface area contributed by atoms with Crippen molar-refractivity contribution in [2.45, 2.75) is 19.0 Å². The van der Waals surface area contributed by atoms with Gasteiger partial charge in [0, 0.05) is 19.8 Å². The van der Waals surface area contributed by atoms with E-state index >= 15 is 0 Å². The quantitative estimate of drug-likeness (QED) is 0.729. The van der Waals surface area contributed by atoms with Crippen LogP contribution in [0.2, 0.25) is 0 Å². The van der Waals surface area contributed by atoms with Crippen LogP contribution >= 0.6 is 0 Å². The first-order chi connectivity index (χ1) is 6.05. The van der Waals surface area contributed by atoms with Crippen molar-refractivity contribution in [3.63, 3.8) is 0 Å². The maximum absolute atomic E-state index is 12.4. The number of rotatable bonds is 2. The van der Waals surface area contributed by atoms with Gasteiger partial charge in [0.15, 0.2) is 0 Å². The highest BCUT2D eigenvalue weighted by Crippen LogP contribution is 2.35. The van der Waals surface area contributed by atoms with Crippen LogP contribution in [0.5, 0.6) is 0 Å². The molecule has 5 heteroatoms. The molecular formula is C8H14F3NO. The zero-order chi connectivity index (χ0) is 9.90. The molecule has 1 aliphatic heterocycles. The van der Waals surface area contributed by atoms with E-state index in [2.05, 4.69) is 0 Å². The molecule has 1 fully saturated rings. The maximum atomic E-state index is 12.4. The molecule has 1 rings (SSSR count). The van der Waals surface area contributed by atoms with Crippen molar-refractivity contribution in [1.82, 2.24) is 0 Å². The fraction of sp³-hybridized carbons (Fsp3) is 1.00. The molecule has 2 N–H and O–H groups in total. The lowest BCUT2D eigenvalue weighted by Gasteiger charge is -2.30. The second-order valence-electron chi connectivity index (χ2n) is 3.33. The summed E-state index contributed by atoms with van der Waals surface area (Å²) in [5.74, 6) is -1.70. The van der Waals surface area contributed by atoms with Crippen LogP contribution in [-0.2, 0) is 4.74 Å². The molecule has 0 aromatic heterocycles. The van der Waals surface area contributed by atoms with Crippen LogP contribution in [0.3, 0.4) is 0 Å². The molecule has 0 radical (unpaired) electrons. The van der Waals surface area contributed by atoms with Gasteiger partial charge in [-0.25, -0.2) is 0 Å². The Morgan fingerprint density at radius 2 is 1.85 bits per heavy atom. The molecule has 1 aliphatic rings. The maximum Gasteiger partial charge on any atom is 0.393 e. The summed E-state index contributed by atoms with van der Waals surface area (Å²) >= 11 is 0. The predicted octanol–water partition coefficient (Wildman–Crippen LogP) is 1.55. The Labute approximate surface area is 75.2 Å². The summed E-state index contributed by atoms with van der Waals surface area (Å²) in [6.07, 6.45) is -3.21. The van der Waals surface area contributed by atoms with Crippen molar-refractivity contribution in [2.75, 3.05) is 19.8 Å². The van der Waals surface area contributed by atoms with E-state index in [0.29, 0.717) is 26.1 Å². The molecule has 0 aliphatic carbocycles. The number of ether oxygens (including phenoxy) is 1. The number of hydrogen-bond donors (Lipinski definition) is 1. The number of halogens is 3. The molecular weight excluding hydrogens is 183 g/mol. The Morgan fingerprint density at radius 3 is 2.23 bits per heavy atom. The molecule has 0 bridgehead atoms. The van der Waals surface area contributed by atoms with Gasteiger partial charge in [0.25, 0.3) is 0 Å². The smallest absolute Gasteiger partial charge is 0.381 e. The van der Waals surface area contributed by atoms with Gasteiger partial charge in [0.05, 0.1) is 5.92 Å². The fourth-order valence-corrected chi connectivity index (χ4v) is 1.71. The van der Waals surface area contributed by atoms with Crippen molar-refractivity contribution in [2.24, 2.45) is 17.6 Å². The molecule has 0 aromatic rings. The number of alkyl halides is 3. The van der Waals surface area contributed by atoms with Crippen LogP contribution in [-0.4, -0.2) is 25.9 Å². The molecule has 78 valence electrons. The van der Waals surface area contributed by atoms with Gasteiger partial charge in [0.1, 0.15) is 0 Å². The molecule has 13 heavy (non-hydrogen) atoms. The molecule has 0 spiro atoms. The van der Waals surface area contributed by atoms with Gasteiger partial charge in [-0.2, -0.15) is 13.2 Å². The van der Waals surface area contributed by atoms with E-state index in [0.717, 1.165) is 0 Å². The topological polar surface area (TPSA) is 35.2 Å². The van der Waals surface area contributed by atoms with Gasteiger partial charge in [-0.3, -0.25) is 0 Å². The molecule has 1 unspecified atom stereocenters. The highest BCUT2D eigenvalue weighted by Gasteiger charge is 2.43. The van der Waals surface area contributed by atoms with E-state index < -0.39 is 12.1 Å². The molecule has 0 saturated carbocycles. The number of nitrogens with two attached hydrogens (primary N) is 1. The van der Waals surface area contributed by atoms with Crippen LogP contribution in [0.15, 0.2) is 0 Å². The van der Waals surface area contributed by atoms with Crippen molar-refractivity contribution in [1.29, 1.82) is 0 Å². The first-order valence-corrected chi connectivity index (χ1v) is 4.40. The summed E-state index contributed by atoms with van der Waals surface area (Å²) in [4.78, 5) is 0. The van der Waals surface area contributed by atoms with Gasteiger partial charge >= 0.3 is 6.18 Å². The van der Waals surface area contributed by atoms with E-state index in [1.165, 1.54) is 0 Å². The van der Waals surface area contributed by atoms with E-state index in [1.807, 2.05) is 0 Å². The highest BCUT2D eigenvalue weighted by molar-refractivity contribution is 4.78. The average molecular weight is 197 g/mol. The third kappa shape index (κ3) is 2.84. The number of hydrogen-bond acceptors (Lipinski definition) is 2. The van der Waals surface area contributed by atoms with Crippen LogP contribution in [0.4, 0.5) is 13.2 Å². The Hall–Kier alpha value is -0.290. The minimum absolute atomic E-state index is 0.311. The third-order valence-electron chi connectivity index (χ3n) is 2.51. The minimum Gasteiger partial charge on any atom is -0.381 e. The van der Waals surface area contributed by atoms with Gasteiger partial charge in [-0.05, 0) is 18.8 Å². The van der Waals surface area contributed by atoms with Crippen molar-refractivity contribution >= 4 is 0 Å². The Bertz CT molecular complexity index is 154. The molecule has 1 atom stereocenters. The molecule has 2 nitrogen and oxygen atoms in total. The molecule has 0 aromatic carbocycles. The van der Waals surface area contributed by atoms with Crippen LogP contribution in [0.1, 0.15) is 12.8 Å². The Balaban J connectivity index is 2.54. The summed E-state index contributed by atoms with van der Waals surface area (Å²) in [7, 11) is 0. The van der Waals surface area contributed by atoms with Crippen molar-refractivity contribution in [3.05, 3.63) is 0 Å². The van der Waals surface area contributed by atoms with E-state index in [-0.39, 0.29) is 12.5 Å². The molecule has 0 amide bonds. The van der Waals surface area contributed by atoms with Gasteiger partial charge < -0.3 is 10.5 Å².